The van der Waals surface area contributed by atoms with E-state index < -0.39 is 35.1 Å². The number of hydrogen-bond donors (Lipinski definition) is 3. The zero-order valence-electron chi connectivity index (χ0n) is 6.74. The first kappa shape index (κ1) is 13.0. The highest BCUT2D eigenvalue weighted by Crippen LogP contribution is 2.02. The van der Waals surface area contributed by atoms with Crippen LogP contribution in [0.1, 0.15) is 6.42 Å². The molecule has 0 saturated heterocycles. The third kappa shape index (κ3) is 4.88. The van der Waals surface area contributed by atoms with Crippen molar-refractivity contribution in [3.63, 3.8) is 0 Å². The van der Waals surface area contributed by atoms with Gasteiger partial charge in [-0.3, -0.25) is 9.59 Å². The number of alkyl halides is 2. The lowest BCUT2D eigenvalue weighted by atomic mass is 10.2. The van der Waals surface area contributed by atoms with E-state index in [4.69, 9.17) is 33.4 Å². The monoisotopic (exact) mass is 243 g/mol. The minimum atomic E-state index is -1.53. The molecule has 0 aliphatic rings. The van der Waals surface area contributed by atoms with Gasteiger partial charge in [-0.1, -0.05) is 23.2 Å². The average Bonchev–Trinajstić information content (AvgIpc) is 2.01. The van der Waals surface area contributed by atoms with E-state index in [2.05, 4.69) is 0 Å². The fraction of sp³-hybridized carbons (Fsp3) is 0.500. The number of carboxylic acids is 2. The molecule has 1 atom stereocenters. The van der Waals surface area contributed by atoms with Gasteiger partial charge in [0.15, 0.2) is 4.84 Å². The summed E-state index contributed by atoms with van der Waals surface area (Å²) >= 11 is 10.3. The molecule has 3 N–H and O–H groups in total. The van der Waals surface area contributed by atoms with Crippen molar-refractivity contribution in [3.8, 4) is 0 Å². The second-order valence-corrected chi connectivity index (χ2v) is 3.39. The highest BCUT2D eigenvalue weighted by atomic mass is 35.5. The summed E-state index contributed by atoms with van der Waals surface area (Å²) in [4.78, 5) is 30.0. The van der Waals surface area contributed by atoms with Gasteiger partial charge in [0.25, 0.3) is 5.91 Å². The number of halogens is 2. The number of hydrogen-bond acceptors (Lipinski definition) is 3. The predicted molar refractivity (Wildman–Crippen MR) is 47.3 cm³/mol. The maximum atomic E-state index is 10.8. The zero-order chi connectivity index (χ0) is 11.3. The molecule has 0 rings (SSSR count). The van der Waals surface area contributed by atoms with Gasteiger partial charge in [-0.05, 0) is 0 Å². The molecule has 0 aromatic carbocycles. The molecule has 80 valence electrons. The van der Waals surface area contributed by atoms with Crippen LogP contribution in [0.25, 0.3) is 0 Å². The number of nitrogens with one attached hydrogen (secondary N) is 1. The lowest BCUT2D eigenvalue weighted by Gasteiger charge is -2.12. The van der Waals surface area contributed by atoms with E-state index in [9.17, 15) is 14.4 Å². The second kappa shape index (κ2) is 5.66. The summed E-state index contributed by atoms with van der Waals surface area (Å²) in [6.45, 7) is 0. The van der Waals surface area contributed by atoms with E-state index >= 15 is 0 Å². The number of carbonyl (C=O) groups is 3. The highest BCUT2D eigenvalue weighted by molar-refractivity contribution is 6.53. The third-order valence-electron chi connectivity index (χ3n) is 1.19. The van der Waals surface area contributed by atoms with Crippen LogP contribution in [0.5, 0.6) is 0 Å². The van der Waals surface area contributed by atoms with Crippen LogP contribution in [0.4, 0.5) is 0 Å². The van der Waals surface area contributed by atoms with Crippen molar-refractivity contribution in [2.45, 2.75) is 17.3 Å². The van der Waals surface area contributed by atoms with E-state index in [1.165, 1.54) is 0 Å². The molecule has 0 fully saturated rings. The first-order chi connectivity index (χ1) is 6.34. The Bertz CT molecular complexity index is 255. The van der Waals surface area contributed by atoms with Gasteiger partial charge in [-0.15, -0.1) is 0 Å². The number of carboxylic acid groups (broad SMARTS) is 2. The summed E-state index contributed by atoms with van der Waals surface area (Å²) in [6.07, 6.45) is -0.735. The molecular formula is C6H7Cl2NO5. The van der Waals surface area contributed by atoms with Crippen molar-refractivity contribution >= 4 is 41.0 Å². The second-order valence-electron chi connectivity index (χ2n) is 2.30. The van der Waals surface area contributed by atoms with Gasteiger partial charge in [0.05, 0.1) is 6.42 Å². The Morgan fingerprint density at radius 1 is 1.21 bits per heavy atom. The van der Waals surface area contributed by atoms with Gasteiger partial charge in [0, 0.05) is 0 Å². The number of carbonyl (C=O) groups excluding carboxylic acids is 1. The molecule has 1 unspecified atom stereocenters. The predicted octanol–water partition coefficient (Wildman–Crippen LogP) is -0.166. The first-order valence-electron chi connectivity index (χ1n) is 3.37. The topological polar surface area (TPSA) is 104 Å². The molecule has 0 heterocycles. The SMILES string of the molecule is O=C(O)CC(NC(=O)C(Cl)Cl)C(=O)O. The van der Waals surface area contributed by atoms with Gasteiger partial charge in [0.1, 0.15) is 6.04 Å². The molecule has 0 radical (unpaired) electrons. The molecule has 8 heteroatoms. The zero-order valence-corrected chi connectivity index (χ0v) is 8.25. The number of amides is 1. The van der Waals surface area contributed by atoms with E-state index in [1.54, 1.807) is 0 Å². The van der Waals surface area contributed by atoms with Gasteiger partial charge in [-0.25, -0.2) is 4.79 Å². The van der Waals surface area contributed by atoms with Crippen molar-refractivity contribution < 1.29 is 24.6 Å². The van der Waals surface area contributed by atoms with Crippen LogP contribution in [-0.4, -0.2) is 38.9 Å². The summed E-state index contributed by atoms with van der Waals surface area (Å²) in [6, 6.07) is -1.53. The number of aliphatic carboxylic acids is 2. The highest BCUT2D eigenvalue weighted by Gasteiger charge is 2.25. The largest absolute Gasteiger partial charge is 0.481 e. The molecule has 0 aromatic rings. The normalized spacial score (nSPS) is 12.2. The molecule has 0 spiro atoms. The lowest BCUT2D eigenvalue weighted by Crippen LogP contribution is -2.44. The fourth-order valence-electron chi connectivity index (χ4n) is 0.609. The smallest absolute Gasteiger partial charge is 0.326 e. The van der Waals surface area contributed by atoms with Crippen LogP contribution in [0.2, 0.25) is 0 Å². The molecule has 14 heavy (non-hydrogen) atoms. The molecule has 0 aliphatic carbocycles. The Labute approximate surface area is 88.8 Å². The summed E-state index contributed by atoms with van der Waals surface area (Å²) in [5.41, 5.74) is 0. The Kier molecular flexibility index (Phi) is 5.26. The van der Waals surface area contributed by atoms with Gasteiger partial charge < -0.3 is 15.5 Å². The minimum absolute atomic E-state index is 0.735. The Balaban J connectivity index is 4.31. The summed E-state index contributed by atoms with van der Waals surface area (Å²) < 4.78 is 0. The lowest BCUT2D eigenvalue weighted by molar-refractivity contribution is -0.147. The van der Waals surface area contributed by atoms with E-state index in [0.717, 1.165) is 0 Å². The van der Waals surface area contributed by atoms with E-state index in [1.807, 2.05) is 5.32 Å². The van der Waals surface area contributed by atoms with Crippen molar-refractivity contribution in [2.75, 3.05) is 0 Å². The summed E-state index contributed by atoms with van der Waals surface area (Å²) in [7, 11) is 0. The summed E-state index contributed by atoms with van der Waals surface area (Å²) in [5, 5.41) is 18.7. The van der Waals surface area contributed by atoms with Crippen molar-refractivity contribution in [2.24, 2.45) is 0 Å². The Hall–Kier alpha value is -1.01. The van der Waals surface area contributed by atoms with Crippen LogP contribution in [-0.2, 0) is 14.4 Å². The maximum absolute atomic E-state index is 10.8. The Morgan fingerprint density at radius 3 is 2.00 bits per heavy atom. The molecule has 0 saturated carbocycles. The molecule has 0 aliphatic heterocycles. The van der Waals surface area contributed by atoms with Crippen LogP contribution in [0, 0.1) is 0 Å². The molecule has 0 bridgehead atoms. The van der Waals surface area contributed by atoms with Crippen LogP contribution >= 0.6 is 23.2 Å². The summed E-state index contributed by atoms with van der Waals surface area (Å²) in [5.74, 6) is -3.75. The van der Waals surface area contributed by atoms with E-state index in [-0.39, 0.29) is 0 Å². The Morgan fingerprint density at radius 2 is 1.71 bits per heavy atom. The van der Waals surface area contributed by atoms with Crippen LogP contribution in [0.3, 0.4) is 0 Å². The number of rotatable bonds is 5. The standard InChI is InChI=1S/C6H7Cl2NO5/c7-4(8)5(12)9-2(6(13)14)1-3(10)11/h2,4H,1H2,(H,9,12)(H,10,11)(H,13,14). The van der Waals surface area contributed by atoms with Crippen molar-refractivity contribution in [1.29, 1.82) is 0 Å². The van der Waals surface area contributed by atoms with Crippen LogP contribution in [0.15, 0.2) is 0 Å². The van der Waals surface area contributed by atoms with Crippen molar-refractivity contribution in [3.05, 3.63) is 0 Å². The third-order valence-corrected chi connectivity index (χ3v) is 1.59. The first-order valence-corrected chi connectivity index (χ1v) is 4.25. The van der Waals surface area contributed by atoms with Crippen molar-refractivity contribution in [1.82, 2.24) is 5.32 Å². The van der Waals surface area contributed by atoms with Crippen LogP contribution < -0.4 is 5.32 Å². The molecule has 6 nitrogen and oxygen atoms in total. The van der Waals surface area contributed by atoms with E-state index in [0.29, 0.717) is 0 Å². The van der Waals surface area contributed by atoms with Gasteiger partial charge >= 0.3 is 11.9 Å². The average molecular weight is 244 g/mol. The fourth-order valence-corrected chi connectivity index (χ4v) is 0.735. The molecule has 0 aromatic heterocycles. The molecular weight excluding hydrogens is 237 g/mol. The van der Waals surface area contributed by atoms with Gasteiger partial charge in [-0.2, -0.15) is 0 Å². The van der Waals surface area contributed by atoms with Gasteiger partial charge in [0.2, 0.25) is 0 Å². The minimum Gasteiger partial charge on any atom is -0.481 e. The molecule has 1 amide bonds. The quantitative estimate of drug-likeness (QED) is 0.582. The maximum Gasteiger partial charge on any atom is 0.326 e.